The predicted molar refractivity (Wildman–Crippen MR) is 76.1 cm³/mol. The third-order valence-electron chi connectivity index (χ3n) is 3.01. The number of carbonyl (C=O) groups is 1. The average molecular weight is 314 g/mol. The molecule has 0 aromatic carbocycles. The lowest BCUT2D eigenvalue weighted by Gasteiger charge is -2.27. The van der Waals surface area contributed by atoms with Crippen molar-refractivity contribution in [3.05, 3.63) is 34.2 Å². The van der Waals surface area contributed by atoms with E-state index in [1.807, 2.05) is 16.8 Å². The standard InChI is InChI=1S/C14H18O6S/c15-2-3-18-4-5-19-13-8-11(10-1-6-21-9-10)7-12(20-13)14(16)17/h1,6-7,9,11,13,15H,2-5,8H2,(H,16,17)/t11-,13+/m0/s1. The van der Waals surface area contributed by atoms with Crippen LogP contribution in [0.4, 0.5) is 0 Å². The van der Waals surface area contributed by atoms with Crippen molar-refractivity contribution in [1.29, 1.82) is 0 Å². The minimum Gasteiger partial charge on any atom is -0.475 e. The minimum absolute atomic E-state index is 0.0283. The molecule has 1 aliphatic rings. The summed E-state index contributed by atoms with van der Waals surface area (Å²) in [6.07, 6.45) is 1.57. The van der Waals surface area contributed by atoms with Crippen molar-refractivity contribution in [2.24, 2.45) is 0 Å². The van der Waals surface area contributed by atoms with Gasteiger partial charge in [-0.2, -0.15) is 11.3 Å². The van der Waals surface area contributed by atoms with Gasteiger partial charge in [-0.3, -0.25) is 0 Å². The van der Waals surface area contributed by atoms with E-state index in [2.05, 4.69) is 0 Å². The number of ether oxygens (including phenoxy) is 3. The highest BCUT2D eigenvalue weighted by molar-refractivity contribution is 7.08. The van der Waals surface area contributed by atoms with Gasteiger partial charge in [-0.1, -0.05) is 0 Å². The number of thiophene rings is 1. The number of allylic oxidation sites excluding steroid dienone is 1. The van der Waals surface area contributed by atoms with Crippen LogP contribution in [0.2, 0.25) is 0 Å². The van der Waals surface area contributed by atoms with Crippen LogP contribution in [-0.2, 0) is 19.0 Å². The fraction of sp³-hybridized carbons (Fsp3) is 0.500. The molecule has 0 saturated heterocycles. The number of hydrogen-bond acceptors (Lipinski definition) is 6. The van der Waals surface area contributed by atoms with Crippen molar-refractivity contribution in [2.45, 2.75) is 18.6 Å². The van der Waals surface area contributed by atoms with Crippen LogP contribution in [-0.4, -0.2) is 48.9 Å². The number of carboxylic acid groups (broad SMARTS) is 1. The summed E-state index contributed by atoms with van der Waals surface area (Å²) < 4.78 is 15.9. The first-order valence-electron chi connectivity index (χ1n) is 6.64. The van der Waals surface area contributed by atoms with Gasteiger partial charge in [0.2, 0.25) is 12.0 Å². The molecule has 2 N–H and O–H groups in total. The first kappa shape index (κ1) is 16.0. The summed E-state index contributed by atoms with van der Waals surface area (Å²) in [6.45, 7) is 0.836. The number of hydrogen-bond donors (Lipinski definition) is 2. The second kappa shape index (κ2) is 8.14. The summed E-state index contributed by atoms with van der Waals surface area (Å²) in [6, 6.07) is 1.97. The molecule has 2 atom stereocenters. The van der Waals surface area contributed by atoms with Crippen LogP contribution in [0.25, 0.3) is 0 Å². The number of aliphatic hydroxyl groups is 1. The highest BCUT2D eigenvalue weighted by Crippen LogP contribution is 2.32. The molecule has 21 heavy (non-hydrogen) atoms. The lowest BCUT2D eigenvalue weighted by atomic mass is 9.95. The Balaban J connectivity index is 1.92. The lowest BCUT2D eigenvalue weighted by molar-refractivity contribution is -0.160. The van der Waals surface area contributed by atoms with Crippen LogP contribution < -0.4 is 0 Å². The number of aliphatic hydroxyl groups excluding tert-OH is 1. The fourth-order valence-electron chi connectivity index (χ4n) is 2.03. The Morgan fingerprint density at radius 1 is 1.43 bits per heavy atom. The smallest absolute Gasteiger partial charge is 0.370 e. The van der Waals surface area contributed by atoms with Crippen LogP contribution in [0.5, 0.6) is 0 Å². The first-order chi connectivity index (χ1) is 10.2. The second-order valence-electron chi connectivity index (χ2n) is 4.49. The quantitative estimate of drug-likeness (QED) is 0.709. The maximum atomic E-state index is 11.1. The van der Waals surface area contributed by atoms with Gasteiger partial charge in [-0.15, -0.1) is 0 Å². The van der Waals surface area contributed by atoms with Crippen molar-refractivity contribution in [2.75, 3.05) is 26.4 Å². The summed E-state index contributed by atoms with van der Waals surface area (Å²) in [4.78, 5) is 11.1. The van der Waals surface area contributed by atoms with Crippen LogP contribution in [0.15, 0.2) is 28.7 Å². The molecule has 0 radical (unpaired) electrons. The van der Waals surface area contributed by atoms with Gasteiger partial charge in [-0.25, -0.2) is 4.79 Å². The fourth-order valence-corrected chi connectivity index (χ4v) is 2.76. The van der Waals surface area contributed by atoms with Gasteiger partial charge >= 0.3 is 5.97 Å². The molecular weight excluding hydrogens is 296 g/mol. The molecule has 2 heterocycles. The zero-order valence-corrected chi connectivity index (χ0v) is 12.3. The van der Waals surface area contributed by atoms with Gasteiger partial charge in [0.25, 0.3) is 0 Å². The van der Waals surface area contributed by atoms with Gasteiger partial charge in [-0.05, 0) is 28.5 Å². The summed E-state index contributed by atoms with van der Waals surface area (Å²) in [5.41, 5.74) is 1.06. The Hall–Kier alpha value is -1.41. The molecule has 116 valence electrons. The van der Waals surface area contributed by atoms with Gasteiger partial charge in [0, 0.05) is 12.3 Å². The molecule has 0 saturated carbocycles. The molecule has 2 rings (SSSR count). The molecular formula is C14H18O6S. The van der Waals surface area contributed by atoms with E-state index in [9.17, 15) is 4.79 Å². The van der Waals surface area contributed by atoms with Crippen molar-refractivity contribution < 1.29 is 29.2 Å². The summed E-state index contributed by atoms with van der Waals surface area (Å²) in [7, 11) is 0. The van der Waals surface area contributed by atoms with E-state index in [1.54, 1.807) is 17.4 Å². The highest BCUT2D eigenvalue weighted by atomic mass is 32.1. The largest absolute Gasteiger partial charge is 0.475 e. The molecule has 1 aromatic heterocycles. The summed E-state index contributed by atoms with van der Waals surface area (Å²) in [5.74, 6) is -1.21. The van der Waals surface area contributed by atoms with Crippen LogP contribution in [0, 0.1) is 0 Å². The predicted octanol–water partition coefficient (Wildman–Crippen LogP) is 1.57. The number of rotatable bonds is 8. The third-order valence-corrected chi connectivity index (χ3v) is 3.71. The van der Waals surface area contributed by atoms with Crippen LogP contribution >= 0.6 is 11.3 Å². The van der Waals surface area contributed by atoms with Crippen LogP contribution in [0.3, 0.4) is 0 Å². The molecule has 0 amide bonds. The van der Waals surface area contributed by atoms with E-state index in [0.29, 0.717) is 13.0 Å². The van der Waals surface area contributed by atoms with E-state index < -0.39 is 12.3 Å². The molecule has 6 nitrogen and oxygen atoms in total. The molecule has 0 fully saturated rings. The Kier molecular flexibility index (Phi) is 6.19. The lowest BCUT2D eigenvalue weighted by Crippen LogP contribution is -2.28. The van der Waals surface area contributed by atoms with Gasteiger partial charge in [0.15, 0.2) is 0 Å². The van der Waals surface area contributed by atoms with Crippen molar-refractivity contribution in [3.8, 4) is 0 Å². The molecule has 0 bridgehead atoms. The van der Waals surface area contributed by atoms with Crippen molar-refractivity contribution >= 4 is 17.3 Å². The van der Waals surface area contributed by atoms with E-state index in [4.69, 9.17) is 24.4 Å². The second-order valence-corrected chi connectivity index (χ2v) is 5.27. The molecule has 1 aromatic rings. The normalized spacial score (nSPS) is 21.7. The van der Waals surface area contributed by atoms with Crippen molar-refractivity contribution in [3.63, 3.8) is 0 Å². The van der Waals surface area contributed by atoms with Gasteiger partial charge in [0.1, 0.15) is 0 Å². The molecule has 1 aliphatic heterocycles. The summed E-state index contributed by atoms with van der Waals surface area (Å²) >= 11 is 1.57. The maximum absolute atomic E-state index is 11.1. The van der Waals surface area contributed by atoms with E-state index in [-0.39, 0.29) is 31.5 Å². The van der Waals surface area contributed by atoms with Gasteiger partial charge < -0.3 is 24.4 Å². The zero-order valence-electron chi connectivity index (χ0n) is 11.4. The van der Waals surface area contributed by atoms with Crippen LogP contribution in [0.1, 0.15) is 17.9 Å². The first-order valence-corrected chi connectivity index (χ1v) is 7.59. The molecule has 7 heteroatoms. The Bertz CT molecular complexity index is 470. The Morgan fingerprint density at radius 2 is 2.29 bits per heavy atom. The highest BCUT2D eigenvalue weighted by Gasteiger charge is 2.28. The van der Waals surface area contributed by atoms with E-state index in [1.165, 1.54) is 0 Å². The topological polar surface area (TPSA) is 85.2 Å². The Morgan fingerprint density at radius 3 is 2.95 bits per heavy atom. The SMILES string of the molecule is O=C(O)C1=C[C@H](c2ccsc2)C[C@H](OCCOCCO)O1. The Labute approximate surface area is 126 Å². The maximum Gasteiger partial charge on any atom is 0.370 e. The average Bonchev–Trinajstić information content (AvgIpc) is 3.01. The van der Waals surface area contributed by atoms with E-state index >= 15 is 0 Å². The van der Waals surface area contributed by atoms with Gasteiger partial charge in [0.05, 0.1) is 26.4 Å². The summed E-state index contributed by atoms with van der Waals surface area (Å²) in [5, 5.41) is 21.7. The molecule has 0 aliphatic carbocycles. The minimum atomic E-state index is -1.10. The van der Waals surface area contributed by atoms with Crippen molar-refractivity contribution in [1.82, 2.24) is 0 Å². The number of carboxylic acids is 1. The third kappa shape index (κ3) is 4.82. The monoisotopic (exact) mass is 314 g/mol. The van der Waals surface area contributed by atoms with E-state index in [0.717, 1.165) is 5.56 Å². The zero-order chi connectivity index (χ0) is 15.1. The molecule has 0 spiro atoms. The number of aliphatic carboxylic acids is 1. The molecule has 0 unspecified atom stereocenters.